The van der Waals surface area contributed by atoms with Gasteiger partial charge >= 0.3 is 17.9 Å². The van der Waals surface area contributed by atoms with E-state index in [0.29, 0.717) is 25.7 Å². The van der Waals surface area contributed by atoms with E-state index in [1.165, 1.54) is 12.8 Å². The number of carbonyl (C=O) groups excluding carboxylic acids is 3. The summed E-state index contributed by atoms with van der Waals surface area (Å²) in [6.07, 6.45) is 68.9. The Kier molecular flexibility index (Phi) is 45.7. The van der Waals surface area contributed by atoms with Crippen molar-refractivity contribution in [3.8, 4) is 0 Å². The van der Waals surface area contributed by atoms with Gasteiger partial charge in [-0.1, -0.05) is 180 Å². The van der Waals surface area contributed by atoms with Crippen molar-refractivity contribution in [1.82, 2.24) is 0 Å². The lowest BCUT2D eigenvalue weighted by Crippen LogP contribution is -2.30. The van der Waals surface area contributed by atoms with Crippen LogP contribution in [0.3, 0.4) is 0 Å². The topological polar surface area (TPSA) is 78.9 Å². The summed E-state index contributed by atoms with van der Waals surface area (Å²) in [5.74, 6) is -1.08. The normalized spacial score (nSPS) is 13.3. The lowest BCUT2D eigenvalue weighted by atomic mass is 10.1. The van der Waals surface area contributed by atoms with Gasteiger partial charge in [-0.05, 0) is 116 Å². The molecule has 6 heteroatoms. The Morgan fingerprint density at radius 2 is 0.613 bits per heavy atom. The minimum atomic E-state index is -0.840. The molecule has 0 saturated carbocycles. The van der Waals surface area contributed by atoms with Gasteiger partial charge in [-0.15, -0.1) is 0 Å². The highest BCUT2D eigenvalue weighted by molar-refractivity contribution is 5.71. The summed E-state index contributed by atoms with van der Waals surface area (Å²) in [7, 11) is 0. The van der Waals surface area contributed by atoms with E-state index in [0.717, 1.165) is 116 Å². The van der Waals surface area contributed by atoms with Gasteiger partial charge in [0, 0.05) is 19.3 Å². The molecular weight excluding hydrogens is 769 g/mol. The van der Waals surface area contributed by atoms with Crippen LogP contribution in [0.5, 0.6) is 0 Å². The molecule has 0 heterocycles. The van der Waals surface area contributed by atoms with Crippen LogP contribution in [0, 0.1) is 0 Å². The van der Waals surface area contributed by atoms with Gasteiger partial charge in [0.2, 0.25) is 0 Å². The molecule has 1 unspecified atom stereocenters. The van der Waals surface area contributed by atoms with Crippen molar-refractivity contribution < 1.29 is 28.6 Å². The van der Waals surface area contributed by atoms with Crippen LogP contribution in [0.15, 0.2) is 134 Å². The maximum absolute atomic E-state index is 12.7. The summed E-state index contributed by atoms with van der Waals surface area (Å²) in [4.78, 5) is 37.8. The van der Waals surface area contributed by atoms with Gasteiger partial charge < -0.3 is 14.2 Å². The van der Waals surface area contributed by atoms with Crippen LogP contribution in [0.4, 0.5) is 0 Å². The van der Waals surface area contributed by atoms with Crippen molar-refractivity contribution >= 4 is 17.9 Å². The smallest absolute Gasteiger partial charge is 0.306 e. The Bertz CT molecular complexity index is 1400. The Morgan fingerprint density at radius 3 is 1.00 bits per heavy atom. The van der Waals surface area contributed by atoms with E-state index in [1.807, 2.05) is 12.2 Å². The van der Waals surface area contributed by atoms with Crippen LogP contribution in [0.1, 0.15) is 181 Å². The molecule has 0 aliphatic carbocycles. The first-order valence-electron chi connectivity index (χ1n) is 24.2. The van der Waals surface area contributed by atoms with Crippen molar-refractivity contribution in [2.45, 2.75) is 187 Å². The van der Waals surface area contributed by atoms with E-state index in [2.05, 4.69) is 142 Å². The molecule has 0 fully saturated rings. The van der Waals surface area contributed by atoms with Crippen molar-refractivity contribution in [3.63, 3.8) is 0 Å². The highest BCUT2D eigenvalue weighted by Gasteiger charge is 2.19. The Hall–Kier alpha value is -4.45. The first-order valence-corrected chi connectivity index (χ1v) is 24.2. The van der Waals surface area contributed by atoms with Crippen molar-refractivity contribution in [2.75, 3.05) is 13.2 Å². The molecule has 0 saturated heterocycles. The van der Waals surface area contributed by atoms with Crippen LogP contribution >= 0.6 is 0 Å². The SMILES string of the molecule is CC/C=C\C/C=C\C/C=C\C/C=C\C/C=C\CCC(=O)OC(COC(=O)CCCC/C=C\C/C=C\CC)COC(=O)CCCCCCCC/C=C\C/C=C\C/C=C\C/C=C\CC. The van der Waals surface area contributed by atoms with E-state index in [1.54, 1.807) is 0 Å². The standard InChI is InChI=1S/C56H86O6/c1-4-7-10-13-16-19-21-23-25-27-28-29-31-32-34-37-40-43-46-49-55(58)61-52-53(51-60-54(57)48-45-42-39-36-18-15-12-9-6-3)62-56(59)50-47-44-41-38-35-33-30-26-24-22-20-17-14-11-8-5-2/h7-12,16-20,23-26,28-29,33,35-36,41,44,53H,4-6,13-15,21-22,27,30-32,34,37-40,42-43,45-52H2,1-3H3/b10-7-,11-8-,12-9-,19-16-,20-17-,25-23-,26-24-,29-28-,35-33-,36-18-,44-41-. The molecule has 0 aliphatic rings. The van der Waals surface area contributed by atoms with Gasteiger partial charge in [0.05, 0.1) is 0 Å². The zero-order chi connectivity index (χ0) is 45.1. The molecule has 0 aromatic heterocycles. The second-order valence-corrected chi connectivity index (χ2v) is 15.2. The van der Waals surface area contributed by atoms with Crippen molar-refractivity contribution in [1.29, 1.82) is 0 Å². The summed E-state index contributed by atoms with van der Waals surface area (Å²) >= 11 is 0. The third-order valence-electron chi connectivity index (χ3n) is 9.39. The minimum absolute atomic E-state index is 0.131. The van der Waals surface area contributed by atoms with Crippen LogP contribution in [0.2, 0.25) is 0 Å². The molecule has 0 aliphatic heterocycles. The third kappa shape index (κ3) is 46.6. The fourth-order valence-electron chi connectivity index (χ4n) is 5.87. The molecule has 0 aromatic rings. The summed E-state index contributed by atoms with van der Waals surface area (Å²) in [6, 6.07) is 0. The largest absolute Gasteiger partial charge is 0.462 e. The first kappa shape index (κ1) is 57.5. The average molecular weight is 855 g/mol. The molecule has 0 radical (unpaired) electrons. The zero-order valence-electron chi connectivity index (χ0n) is 39.3. The predicted molar refractivity (Wildman–Crippen MR) is 265 cm³/mol. The average Bonchev–Trinajstić information content (AvgIpc) is 3.27. The van der Waals surface area contributed by atoms with Gasteiger partial charge in [-0.25, -0.2) is 0 Å². The van der Waals surface area contributed by atoms with Crippen LogP contribution in [0.25, 0.3) is 0 Å². The maximum atomic E-state index is 12.7. The number of rotatable bonds is 41. The number of ether oxygens (including phenoxy) is 3. The number of hydrogen-bond acceptors (Lipinski definition) is 6. The molecule has 0 aromatic carbocycles. The molecule has 0 spiro atoms. The van der Waals surface area contributed by atoms with E-state index < -0.39 is 12.1 Å². The lowest BCUT2D eigenvalue weighted by Gasteiger charge is -2.18. The molecule has 0 rings (SSSR count). The van der Waals surface area contributed by atoms with Gasteiger partial charge in [0.15, 0.2) is 6.10 Å². The van der Waals surface area contributed by atoms with Crippen LogP contribution in [-0.2, 0) is 28.6 Å². The highest BCUT2D eigenvalue weighted by Crippen LogP contribution is 2.11. The van der Waals surface area contributed by atoms with Gasteiger partial charge in [0.25, 0.3) is 0 Å². The number of carbonyl (C=O) groups is 3. The molecule has 0 bridgehead atoms. The Labute approximate surface area is 379 Å². The molecule has 346 valence electrons. The monoisotopic (exact) mass is 855 g/mol. The van der Waals surface area contributed by atoms with E-state index in [-0.39, 0.29) is 31.6 Å². The quantitative estimate of drug-likeness (QED) is 0.0264. The Morgan fingerprint density at radius 1 is 0.323 bits per heavy atom. The lowest BCUT2D eigenvalue weighted by molar-refractivity contribution is -0.166. The predicted octanol–water partition coefficient (Wildman–Crippen LogP) is 15.9. The zero-order valence-corrected chi connectivity index (χ0v) is 39.3. The summed E-state index contributed by atoms with van der Waals surface area (Å²) < 4.78 is 16.6. The number of hydrogen-bond donors (Lipinski definition) is 0. The molecule has 1 atom stereocenters. The summed E-state index contributed by atoms with van der Waals surface area (Å²) in [5, 5.41) is 0. The second-order valence-electron chi connectivity index (χ2n) is 15.2. The van der Waals surface area contributed by atoms with Crippen molar-refractivity contribution in [2.24, 2.45) is 0 Å². The molecule has 0 amide bonds. The van der Waals surface area contributed by atoms with Crippen molar-refractivity contribution in [3.05, 3.63) is 134 Å². The highest BCUT2D eigenvalue weighted by atomic mass is 16.6. The van der Waals surface area contributed by atoms with Crippen LogP contribution in [-0.4, -0.2) is 37.2 Å². The van der Waals surface area contributed by atoms with Gasteiger partial charge in [-0.3, -0.25) is 14.4 Å². The fraction of sp³-hybridized carbons (Fsp3) is 0.554. The molecular formula is C56H86O6. The fourth-order valence-corrected chi connectivity index (χ4v) is 5.87. The third-order valence-corrected chi connectivity index (χ3v) is 9.39. The van der Waals surface area contributed by atoms with Gasteiger partial charge in [-0.2, -0.15) is 0 Å². The first-order chi connectivity index (χ1) is 30.5. The van der Waals surface area contributed by atoms with E-state index >= 15 is 0 Å². The molecule has 62 heavy (non-hydrogen) atoms. The Balaban J connectivity index is 4.51. The number of allylic oxidation sites excluding steroid dienone is 22. The minimum Gasteiger partial charge on any atom is -0.462 e. The summed E-state index contributed by atoms with van der Waals surface area (Å²) in [5.41, 5.74) is 0. The second kappa shape index (κ2) is 49.2. The van der Waals surface area contributed by atoms with E-state index in [4.69, 9.17) is 14.2 Å². The summed E-state index contributed by atoms with van der Waals surface area (Å²) in [6.45, 7) is 6.14. The molecule has 6 nitrogen and oxygen atoms in total. The van der Waals surface area contributed by atoms with Gasteiger partial charge in [0.1, 0.15) is 13.2 Å². The van der Waals surface area contributed by atoms with E-state index in [9.17, 15) is 14.4 Å². The molecule has 0 N–H and O–H groups in total. The number of esters is 3. The number of unbranched alkanes of at least 4 members (excludes halogenated alkanes) is 8. The van der Waals surface area contributed by atoms with Crippen LogP contribution < -0.4 is 0 Å². The maximum Gasteiger partial charge on any atom is 0.306 e.